The predicted octanol–water partition coefficient (Wildman–Crippen LogP) is 2.34. The van der Waals surface area contributed by atoms with Crippen LogP contribution in [0.2, 0.25) is 0 Å². The number of nitrogens with zero attached hydrogens (tertiary/aromatic N) is 3. The minimum Gasteiger partial charge on any atom is -0.466 e. The quantitative estimate of drug-likeness (QED) is 0.420. The largest absolute Gasteiger partial charge is 0.466 e. The SMILES string of the molecule is CCOC(=O)C1CCCN(C(=NC)NCC(C)CN(C)C(=O)OC(C)(C)C)C1. The highest BCUT2D eigenvalue weighted by Gasteiger charge is 2.28. The number of carbonyl (C=O) groups excluding carboxylic acids is 2. The maximum Gasteiger partial charge on any atom is 0.410 e. The number of piperidine rings is 1. The first-order valence-electron chi connectivity index (χ1n) is 10.1. The van der Waals surface area contributed by atoms with Gasteiger partial charge in [-0.25, -0.2) is 4.79 Å². The molecule has 1 amide bonds. The average Bonchev–Trinajstić information content (AvgIpc) is 2.61. The van der Waals surface area contributed by atoms with Crippen molar-refractivity contribution in [3.63, 3.8) is 0 Å². The van der Waals surface area contributed by atoms with Crippen molar-refractivity contribution in [3.8, 4) is 0 Å². The molecule has 1 aliphatic heterocycles. The molecule has 0 saturated carbocycles. The van der Waals surface area contributed by atoms with Gasteiger partial charge in [0.05, 0.1) is 12.5 Å². The zero-order chi connectivity index (χ0) is 21.3. The third-order valence-electron chi connectivity index (χ3n) is 4.45. The van der Waals surface area contributed by atoms with Crippen molar-refractivity contribution < 1.29 is 19.1 Å². The van der Waals surface area contributed by atoms with Crippen molar-refractivity contribution >= 4 is 18.0 Å². The van der Waals surface area contributed by atoms with E-state index in [4.69, 9.17) is 9.47 Å². The van der Waals surface area contributed by atoms with Crippen LogP contribution >= 0.6 is 0 Å². The molecule has 0 aromatic carbocycles. The summed E-state index contributed by atoms with van der Waals surface area (Å²) < 4.78 is 10.6. The smallest absolute Gasteiger partial charge is 0.410 e. The lowest BCUT2D eigenvalue weighted by molar-refractivity contribution is -0.149. The first kappa shape index (κ1) is 24.0. The molecule has 1 saturated heterocycles. The molecular formula is C20H38N4O4. The molecule has 1 fully saturated rings. The van der Waals surface area contributed by atoms with E-state index in [-0.39, 0.29) is 23.9 Å². The fraction of sp³-hybridized carbons (Fsp3) is 0.850. The summed E-state index contributed by atoms with van der Waals surface area (Å²) in [6.45, 7) is 12.6. The Labute approximate surface area is 169 Å². The van der Waals surface area contributed by atoms with Gasteiger partial charge in [-0.05, 0) is 46.5 Å². The van der Waals surface area contributed by atoms with Gasteiger partial charge in [0.1, 0.15) is 5.60 Å². The van der Waals surface area contributed by atoms with Crippen molar-refractivity contribution in [3.05, 3.63) is 0 Å². The van der Waals surface area contributed by atoms with Crippen molar-refractivity contribution in [2.75, 3.05) is 46.9 Å². The summed E-state index contributed by atoms with van der Waals surface area (Å²) in [5.41, 5.74) is -0.501. The van der Waals surface area contributed by atoms with Crippen LogP contribution in [0.15, 0.2) is 4.99 Å². The molecule has 0 aromatic heterocycles. The minimum absolute atomic E-state index is 0.108. The van der Waals surface area contributed by atoms with Crippen LogP contribution in [0.25, 0.3) is 0 Å². The van der Waals surface area contributed by atoms with Crippen LogP contribution in [-0.2, 0) is 14.3 Å². The number of hydrogen-bond donors (Lipinski definition) is 1. The Morgan fingerprint density at radius 2 is 2.04 bits per heavy atom. The van der Waals surface area contributed by atoms with Gasteiger partial charge in [0.15, 0.2) is 5.96 Å². The number of hydrogen-bond acceptors (Lipinski definition) is 5. The molecule has 1 N–H and O–H groups in total. The molecule has 0 aliphatic carbocycles. The molecule has 2 unspecified atom stereocenters. The second-order valence-corrected chi connectivity index (χ2v) is 8.43. The number of likely N-dealkylation sites (tertiary alicyclic amines) is 1. The van der Waals surface area contributed by atoms with Gasteiger partial charge in [-0.3, -0.25) is 9.79 Å². The first-order chi connectivity index (χ1) is 13.1. The van der Waals surface area contributed by atoms with Crippen LogP contribution in [0.4, 0.5) is 4.79 Å². The van der Waals surface area contributed by atoms with E-state index in [1.807, 2.05) is 27.7 Å². The molecule has 2 atom stereocenters. The summed E-state index contributed by atoms with van der Waals surface area (Å²) in [4.78, 5) is 32.2. The molecule has 0 radical (unpaired) electrons. The summed E-state index contributed by atoms with van der Waals surface area (Å²) in [6, 6.07) is 0. The second-order valence-electron chi connectivity index (χ2n) is 8.43. The monoisotopic (exact) mass is 398 g/mol. The van der Waals surface area contributed by atoms with Crippen LogP contribution in [0.1, 0.15) is 47.5 Å². The maximum atomic E-state index is 12.1. The standard InChI is InChI=1S/C20H38N4O4/c1-8-27-17(25)16-10-9-11-24(14-16)18(21-6)22-12-15(2)13-23(7)19(26)28-20(3,4)5/h15-16H,8-14H2,1-7H3,(H,21,22). The number of rotatable bonds is 6. The van der Waals surface area contributed by atoms with E-state index < -0.39 is 5.60 Å². The highest BCUT2D eigenvalue weighted by atomic mass is 16.6. The van der Waals surface area contributed by atoms with Gasteiger partial charge in [0.25, 0.3) is 0 Å². The number of aliphatic imine (C=N–C) groups is 1. The average molecular weight is 399 g/mol. The Bertz CT molecular complexity index is 545. The molecule has 1 heterocycles. The highest BCUT2D eigenvalue weighted by molar-refractivity contribution is 5.81. The lowest BCUT2D eigenvalue weighted by Crippen LogP contribution is -2.49. The second kappa shape index (κ2) is 11.1. The Hall–Kier alpha value is -1.99. The summed E-state index contributed by atoms with van der Waals surface area (Å²) in [5, 5.41) is 3.37. The van der Waals surface area contributed by atoms with Crippen molar-refractivity contribution in [1.29, 1.82) is 0 Å². The van der Waals surface area contributed by atoms with Gasteiger partial charge in [0, 0.05) is 40.3 Å². The lowest BCUT2D eigenvalue weighted by atomic mass is 9.98. The van der Waals surface area contributed by atoms with Crippen molar-refractivity contribution in [2.45, 2.75) is 53.1 Å². The van der Waals surface area contributed by atoms with E-state index in [0.717, 1.165) is 25.3 Å². The Balaban J connectivity index is 2.50. The van der Waals surface area contributed by atoms with Gasteiger partial charge >= 0.3 is 12.1 Å². The predicted molar refractivity (Wildman–Crippen MR) is 110 cm³/mol. The third kappa shape index (κ3) is 8.35. The normalized spacial score (nSPS) is 19.0. The zero-order valence-electron chi connectivity index (χ0n) is 18.6. The number of ether oxygens (including phenoxy) is 2. The van der Waals surface area contributed by atoms with Gasteiger partial charge in [-0.2, -0.15) is 0 Å². The van der Waals surface area contributed by atoms with Crippen LogP contribution in [-0.4, -0.2) is 80.3 Å². The Kier molecular flexibility index (Phi) is 9.55. The molecule has 0 spiro atoms. The molecule has 162 valence electrons. The minimum atomic E-state index is -0.501. The summed E-state index contributed by atoms with van der Waals surface area (Å²) in [7, 11) is 3.49. The third-order valence-corrected chi connectivity index (χ3v) is 4.45. The number of amides is 1. The van der Waals surface area contributed by atoms with Crippen molar-refractivity contribution in [1.82, 2.24) is 15.1 Å². The van der Waals surface area contributed by atoms with E-state index in [1.54, 1.807) is 19.0 Å². The molecule has 1 aliphatic rings. The first-order valence-corrected chi connectivity index (χ1v) is 10.1. The number of carbonyl (C=O) groups is 2. The van der Waals surface area contributed by atoms with E-state index in [2.05, 4.69) is 22.1 Å². The molecule has 8 heteroatoms. The zero-order valence-corrected chi connectivity index (χ0v) is 18.6. The topological polar surface area (TPSA) is 83.5 Å². The van der Waals surface area contributed by atoms with Crippen LogP contribution in [0.3, 0.4) is 0 Å². The highest BCUT2D eigenvalue weighted by Crippen LogP contribution is 2.18. The lowest BCUT2D eigenvalue weighted by Gasteiger charge is -2.34. The fourth-order valence-electron chi connectivity index (χ4n) is 3.17. The molecule has 0 bridgehead atoms. The van der Waals surface area contributed by atoms with Crippen molar-refractivity contribution in [2.24, 2.45) is 16.8 Å². The van der Waals surface area contributed by atoms with E-state index in [0.29, 0.717) is 26.2 Å². The van der Waals surface area contributed by atoms with Gasteiger partial charge in [-0.15, -0.1) is 0 Å². The molecular weight excluding hydrogens is 360 g/mol. The van der Waals surface area contributed by atoms with Crippen LogP contribution < -0.4 is 5.32 Å². The molecule has 1 rings (SSSR count). The van der Waals surface area contributed by atoms with E-state index >= 15 is 0 Å². The van der Waals surface area contributed by atoms with E-state index in [1.165, 1.54) is 0 Å². The fourth-order valence-corrected chi connectivity index (χ4v) is 3.17. The summed E-state index contributed by atoms with van der Waals surface area (Å²) >= 11 is 0. The Morgan fingerprint density at radius 1 is 1.36 bits per heavy atom. The Morgan fingerprint density at radius 3 is 2.61 bits per heavy atom. The summed E-state index contributed by atoms with van der Waals surface area (Å²) in [6.07, 6.45) is 1.46. The number of esters is 1. The van der Waals surface area contributed by atoms with Gasteiger partial charge in [-0.1, -0.05) is 6.92 Å². The van der Waals surface area contributed by atoms with Gasteiger partial charge in [0.2, 0.25) is 0 Å². The summed E-state index contributed by atoms with van der Waals surface area (Å²) in [5.74, 6) is 0.749. The molecule has 8 nitrogen and oxygen atoms in total. The number of guanidine groups is 1. The van der Waals surface area contributed by atoms with Crippen LogP contribution in [0.5, 0.6) is 0 Å². The molecule has 28 heavy (non-hydrogen) atoms. The molecule has 0 aromatic rings. The van der Waals surface area contributed by atoms with Gasteiger partial charge < -0.3 is 24.6 Å². The van der Waals surface area contributed by atoms with Crippen LogP contribution in [0, 0.1) is 11.8 Å². The number of nitrogens with one attached hydrogen (secondary N) is 1. The maximum absolute atomic E-state index is 12.1. The van der Waals surface area contributed by atoms with E-state index in [9.17, 15) is 9.59 Å².